The van der Waals surface area contributed by atoms with Crippen LogP contribution in [-0.2, 0) is 17.8 Å². The molecule has 2 aliphatic rings. The number of piperidine rings is 1. The zero-order valence-corrected chi connectivity index (χ0v) is 23.9. The molecule has 9 heteroatoms. The molecule has 0 bridgehead atoms. The number of rotatable bonds is 7. The van der Waals surface area contributed by atoms with Gasteiger partial charge in [-0.15, -0.1) is 0 Å². The minimum absolute atomic E-state index is 0.0110. The average molecular weight is 550 g/mol. The molecule has 0 unspecified atom stereocenters. The van der Waals surface area contributed by atoms with E-state index in [-0.39, 0.29) is 17.7 Å². The van der Waals surface area contributed by atoms with Crippen LogP contribution < -0.4 is 19.8 Å². The van der Waals surface area contributed by atoms with Gasteiger partial charge in [0, 0.05) is 50.2 Å². The molecule has 1 amide bonds. The van der Waals surface area contributed by atoms with Crippen LogP contribution in [0, 0.1) is 0 Å². The lowest BCUT2D eigenvalue weighted by Crippen LogP contribution is -2.49. The predicted octanol–water partition coefficient (Wildman–Crippen LogP) is 4.68. The third-order valence-electron chi connectivity index (χ3n) is 7.42. The molecule has 0 N–H and O–H groups in total. The molecule has 0 atom stereocenters. The molecule has 3 heterocycles. The Morgan fingerprint density at radius 2 is 1.73 bits per heavy atom. The smallest absolute Gasteiger partial charge is 0.410 e. The molecule has 214 valence electrons. The lowest BCUT2D eigenvalue weighted by Gasteiger charge is -2.39. The van der Waals surface area contributed by atoms with Gasteiger partial charge < -0.3 is 33.3 Å². The average Bonchev–Trinajstić information content (AvgIpc) is 2.94. The summed E-state index contributed by atoms with van der Waals surface area (Å²) in [7, 11) is 1.64. The predicted molar refractivity (Wildman–Crippen MR) is 153 cm³/mol. The molecule has 1 fully saturated rings. The number of ether oxygens (including phenoxy) is 4. The quantitative estimate of drug-likeness (QED) is 0.423. The molecule has 0 radical (unpaired) electrons. The highest BCUT2D eigenvalue weighted by Crippen LogP contribution is 2.32. The van der Waals surface area contributed by atoms with Crippen LogP contribution in [0.2, 0.25) is 0 Å². The number of hydrogen-bond donors (Lipinski definition) is 0. The Morgan fingerprint density at radius 3 is 2.45 bits per heavy atom. The highest BCUT2D eigenvalue weighted by atomic mass is 16.6. The Kier molecular flexibility index (Phi) is 8.21. The van der Waals surface area contributed by atoms with Gasteiger partial charge in [-0.05, 0) is 75.6 Å². The van der Waals surface area contributed by atoms with Crippen molar-refractivity contribution in [3.8, 4) is 17.2 Å². The van der Waals surface area contributed by atoms with Crippen LogP contribution in [0.3, 0.4) is 0 Å². The van der Waals surface area contributed by atoms with Gasteiger partial charge in [0.2, 0.25) is 0 Å². The maximum atomic E-state index is 13.3. The van der Waals surface area contributed by atoms with E-state index >= 15 is 0 Å². The van der Waals surface area contributed by atoms with Crippen LogP contribution >= 0.6 is 0 Å². The van der Waals surface area contributed by atoms with Gasteiger partial charge in [-0.3, -0.25) is 4.79 Å². The standard InChI is InChI=1S/C31H39N3O6/c1-31(2,3)40-30(36)34(21-22-5-9-27-28(19-22)39-18-17-38-27)24-11-13-32(14-12-24)15-16-33-26-8-7-25(37-4)20-23(26)6-10-29(33)35/h5-10,19-20,24H,11-18,21H2,1-4H3. The Labute approximate surface area is 235 Å². The highest BCUT2D eigenvalue weighted by molar-refractivity contribution is 5.80. The lowest BCUT2D eigenvalue weighted by atomic mass is 10.0. The summed E-state index contributed by atoms with van der Waals surface area (Å²) in [6.45, 7) is 10.2. The van der Waals surface area contributed by atoms with Crippen LogP contribution in [0.25, 0.3) is 10.9 Å². The van der Waals surface area contributed by atoms with Crippen LogP contribution in [0.1, 0.15) is 39.2 Å². The second-order valence-corrected chi connectivity index (χ2v) is 11.4. The molecule has 0 aliphatic carbocycles. The van der Waals surface area contributed by atoms with Crippen molar-refractivity contribution < 1.29 is 23.7 Å². The number of aromatic nitrogens is 1. The molecular formula is C31H39N3O6. The summed E-state index contributed by atoms with van der Waals surface area (Å²) in [5, 5.41) is 0.977. The second kappa shape index (κ2) is 11.8. The Morgan fingerprint density at radius 1 is 0.975 bits per heavy atom. The number of benzene rings is 2. The minimum Gasteiger partial charge on any atom is -0.497 e. The number of amides is 1. The maximum Gasteiger partial charge on any atom is 0.410 e. The van der Waals surface area contributed by atoms with E-state index in [1.807, 2.05) is 72.7 Å². The highest BCUT2D eigenvalue weighted by Gasteiger charge is 2.31. The summed E-state index contributed by atoms with van der Waals surface area (Å²) in [6.07, 6.45) is 1.34. The van der Waals surface area contributed by atoms with Crippen molar-refractivity contribution in [2.24, 2.45) is 0 Å². The van der Waals surface area contributed by atoms with Gasteiger partial charge in [-0.1, -0.05) is 6.07 Å². The van der Waals surface area contributed by atoms with Gasteiger partial charge in [0.05, 0.1) is 12.6 Å². The number of fused-ring (bicyclic) bond motifs is 2. The Balaban J connectivity index is 1.25. The van der Waals surface area contributed by atoms with E-state index in [1.165, 1.54) is 0 Å². The molecule has 0 spiro atoms. The normalized spacial score (nSPS) is 16.1. The second-order valence-electron chi connectivity index (χ2n) is 11.4. The van der Waals surface area contributed by atoms with E-state index in [0.717, 1.165) is 60.4 Å². The van der Waals surface area contributed by atoms with Crippen molar-refractivity contribution >= 4 is 17.0 Å². The van der Waals surface area contributed by atoms with Crippen molar-refractivity contribution in [3.63, 3.8) is 0 Å². The third kappa shape index (κ3) is 6.53. The summed E-state index contributed by atoms with van der Waals surface area (Å²) in [5.41, 5.74) is 1.28. The summed E-state index contributed by atoms with van der Waals surface area (Å²) < 4.78 is 24.4. The minimum atomic E-state index is -0.585. The van der Waals surface area contributed by atoms with E-state index in [1.54, 1.807) is 13.2 Å². The number of methoxy groups -OCH3 is 1. The molecule has 1 saturated heterocycles. The van der Waals surface area contributed by atoms with Crippen LogP contribution in [0.4, 0.5) is 4.79 Å². The summed E-state index contributed by atoms with van der Waals surface area (Å²) in [6, 6.07) is 15.1. The molecule has 40 heavy (non-hydrogen) atoms. The first-order valence-electron chi connectivity index (χ1n) is 14.0. The molecule has 3 aromatic rings. The van der Waals surface area contributed by atoms with Gasteiger partial charge in [0.15, 0.2) is 11.5 Å². The van der Waals surface area contributed by atoms with E-state index in [0.29, 0.717) is 32.1 Å². The lowest BCUT2D eigenvalue weighted by molar-refractivity contribution is 0.00562. The number of hydrogen-bond acceptors (Lipinski definition) is 7. The number of likely N-dealkylation sites (tertiary alicyclic amines) is 1. The molecular weight excluding hydrogens is 510 g/mol. The van der Waals surface area contributed by atoms with E-state index in [4.69, 9.17) is 18.9 Å². The zero-order valence-electron chi connectivity index (χ0n) is 23.9. The molecule has 2 aliphatic heterocycles. The van der Waals surface area contributed by atoms with Crippen LogP contribution in [0.5, 0.6) is 17.2 Å². The zero-order chi connectivity index (χ0) is 28.3. The summed E-state index contributed by atoms with van der Waals surface area (Å²) in [5.74, 6) is 2.21. The maximum absolute atomic E-state index is 13.3. The van der Waals surface area contributed by atoms with Gasteiger partial charge in [-0.25, -0.2) is 4.79 Å². The fraction of sp³-hybridized carbons (Fsp3) is 0.484. The topological polar surface area (TPSA) is 82.5 Å². The van der Waals surface area contributed by atoms with Crippen molar-refractivity contribution in [1.29, 1.82) is 0 Å². The summed E-state index contributed by atoms with van der Waals surface area (Å²) >= 11 is 0. The number of nitrogens with zero attached hydrogens (tertiary/aromatic N) is 3. The third-order valence-corrected chi connectivity index (χ3v) is 7.42. The fourth-order valence-corrected chi connectivity index (χ4v) is 5.38. The van der Waals surface area contributed by atoms with Crippen LogP contribution in [0.15, 0.2) is 53.3 Å². The largest absolute Gasteiger partial charge is 0.497 e. The van der Waals surface area contributed by atoms with Crippen molar-refractivity contribution in [3.05, 3.63) is 64.4 Å². The van der Waals surface area contributed by atoms with E-state index < -0.39 is 5.60 Å². The van der Waals surface area contributed by atoms with Crippen molar-refractivity contribution in [2.75, 3.05) is 40.0 Å². The number of carbonyl (C=O) groups is 1. The molecule has 1 aromatic heterocycles. The van der Waals surface area contributed by atoms with E-state index in [9.17, 15) is 9.59 Å². The SMILES string of the molecule is COc1ccc2c(ccc(=O)n2CCN2CCC(N(Cc3ccc4c(c3)OCCO4)C(=O)OC(C)(C)C)CC2)c1. The molecule has 0 saturated carbocycles. The van der Waals surface area contributed by atoms with E-state index in [2.05, 4.69) is 4.90 Å². The number of pyridine rings is 1. The first-order valence-corrected chi connectivity index (χ1v) is 14.0. The van der Waals surface area contributed by atoms with Gasteiger partial charge in [-0.2, -0.15) is 0 Å². The van der Waals surface area contributed by atoms with Crippen molar-refractivity contribution in [1.82, 2.24) is 14.4 Å². The van der Waals surface area contributed by atoms with Crippen LogP contribution in [-0.4, -0.2) is 72.1 Å². The number of carbonyl (C=O) groups excluding carboxylic acids is 1. The molecule has 9 nitrogen and oxygen atoms in total. The van der Waals surface area contributed by atoms with Gasteiger partial charge >= 0.3 is 6.09 Å². The molecule has 5 rings (SSSR count). The van der Waals surface area contributed by atoms with Gasteiger partial charge in [0.1, 0.15) is 24.6 Å². The van der Waals surface area contributed by atoms with Crippen molar-refractivity contribution in [2.45, 2.75) is 58.3 Å². The molecule has 2 aromatic carbocycles. The fourth-order valence-electron chi connectivity index (χ4n) is 5.38. The summed E-state index contributed by atoms with van der Waals surface area (Å²) in [4.78, 5) is 30.3. The van der Waals surface area contributed by atoms with Gasteiger partial charge in [0.25, 0.3) is 5.56 Å². The monoisotopic (exact) mass is 549 g/mol. The first kappa shape index (κ1) is 27.8. The Hall–Kier alpha value is -3.72. The Bertz CT molecular complexity index is 1400. The first-order chi connectivity index (χ1) is 19.2.